The number of carbonyl (C=O) groups is 1. The van der Waals surface area contributed by atoms with E-state index >= 15 is 0 Å². The molecule has 0 saturated carbocycles. The standard InChI is InChI=1S/C22H25NO3/c1-22(2,3)15-4-6-16(7-5-15)23-20(24)13-18-17-9-11-25-19(17)12-14-8-10-26-21(14)18/h4-7,12H,8-11,13H2,1-3H3,(H,23,24). The van der Waals surface area contributed by atoms with Crippen LogP contribution in [0.3, 0.4) is 0 Å². The highest BCUT2D eigenvalue weighted by atomic mass is 16.5. The summed E-state index contributed by atoms with van der Waals surface area (Å²) in [5.41, 5.74) is 5.46. The van der Waals surface area contributed by atoms with Crippen LogP contribution < -0.4 is 14.8 Å². The predicted molar refractivity (Wildman–Crippen MR) is 102 cm³/mol. The van der Waals surface area contributed by atoms with Crippen LogP contribution in [0.5, 0.6) is 11.5 Å². The van der Waals surface area contributed by atoms with E-state index in [4.69, 9.17) is 9.47 Å². The van der Waals surface area contributed by atoms with Gasteiger partial charge in [-0.25, -0.2) is 0 Å². The molecular formula is C22H25NO3. The SMILES string of the molecule is CC(C)(C)c1ccc(NC(=O)Cc2c3c(cc4c2OCC4)OCC3)cc1. The maximum absolute atomic E-state index is 12.7. The van der Waals surface area contributed by atoms with Gasteiger partial charge in [0.2, 0.25) is 5.91 Å². The first-order chi connectivity index (χ1) is 12.4. The van der Waals surface area contributed by atoms with Crippen molar-refractivity contribution in [2.75, 3.05) is 18.5 Å². The van der Waals surface area contributed by atoms with Gasteiger partial charge in [0.05, 0.1) is 19.6 Å². The van der Waals surface area contributed by atoms with Crippen LogP contribution in [-0.2, 0) is 29.5 Å². The van der Waals surface area contributed by atoms with Crippen molar-refractivity contribution in [3.63, 3.8) is 0 Å². The van der Waals surface area contributed by atoms with E-state index in [1.54, 1.807) is 0 Å². The Kier molecular flexibility index (Phi) is 4.14. The van der Waals surface area contributed by atoms with E-state index in [0.29, 0.717) is 19.6 Å². The fraction of sp³-hybridized carbons (Fsp3) is 0.409. The zero-order chi connectivity index (χ0) is 18.3. The maximum atomic E-state index is 12.7. The molecule has 1 N–H and O–H groups in total. The molecule has 0 aliphatic carbocycles. The lowest BCUT2D eigenvalue weighted by Gasteiger charge is -2.19. The van der Waals surface area contributed by atoms with Gasteiger partial charge < -0.3 is 14.8 Å². The van der Waals surface area contributed by atoms with Crippen molar-refractivity contribution in [3.05, 3.63) is 52.6 Å². The molecule has 0 aromatic heterocycles. The summed E-state index contributed by atoms with van der Waals surface area (Å²) in [6.07, 6.45) is 2.04. The molecule has 0 fully saturated rings. The van der Waals surface area contributed by atoms with E-state index in [-0.39, 0.29) is 11.3 Å². The van der Waals surface area contributed by atoms with Crippen LogP contribution in [-0.4, -0.2) is 19.1 Å². The lowest BCUT2D eigenvalue weighted by Crippen LogP contribution is -2.16. The van der Waals surface area contributed by atoms with Gasteiger partial charge in [0.1, 0.15) is 11.5 Å². The molecule has 0 unspecified atom stereocenters. The Balaban J connectivity index is 1.53. The topological polar surface area (TPSA) is 47.6 Å². The van der Waals surface area contributed by atoms with Crippen molar-refractivity contribution in [3.8, 4) is 11.5 Å². The van der Waals surface area contributed by atoms with Crippen LogP contribution in [0.15, 0.2) is 30.3 Å². The highest BCUT2D eigenvalue weighted by molar-refractivity contribution is 5.93. The Morgan fingerprint density at radius 3 is 2.54 bits per heavy atom. The number of hydrogen-bond donors (Lipinski definition) is 1. The van der Waals surface area contributed by atoms with E-state index in [1.807, 2.05) is 12.1 Å². The van der Waals surface area contributed by atoms with Crippen LogP contribution >= 0.6 is 0 Å². The molecule has 2 aliphatic rings. The lowest BCUT2D eigenvalue weighted by molar-refractivity contribution is -0.115. The van der Waals surface area contributed by atoms with Gasteiger partial charge in [-0.3, -0.25) is 4.79 Å². The Bertz CT molecular complexity index is 815. The van der Waals surface area contributed by atoms with E-state index in [2.05, 4.69) is 44.3 Å². The summed E-state index contributed by atoms with van der Waals surface area (Å²) in [4.78, 5) is 12.7. The molecule has 0 bridgehead atoms. The molecule has 2 heterocycles. The number of ether oxygens (including phenoxy) is 2. The average Bonchev–Trinajstić information content (AvgIpc) is 3.23. The second-order valence-electron chi connectivity index (χ2n) is 8.07. The van der Waals surface area contributed by atoms with Gasteiger partial charge in [-0.15, -0.1) is 0 Å². The first kappa shape index (κ1) is 17.0. The Hall–Kier alpha value is -2.49. The molecule has 1 amide bonds. The normalized spacial score (nSPS) is 15.0. The summed E-state index contributed by atoms with van der Waals surface area (Å²) in [5.74, 6) is 1.80. The summed E-state index contributed by atoms with van der Waals surface area (Å²) < 4.78 is 11.5. The monoisotopic (exact) mass is 351 g/mol. The van der Waals surface area contributed by atoms with Gasteiger partial charge in [0, 0.05) is 35.2 Å². The number of amides is 1. The quantitative estimate of drug-likeness (QED) is 0.908. The zero-order valence-corrected chi connectivity index (χ0v) is 15.6. The highest BCUT2D eigenvalue weighted by Crippen LogP contribution is 2.40. The first-order valence-electron chi connectivity index (χ1n) is 9.25. The van der Waals surface area contributed by atoms with Gasteiger partial charge in [-0.2, -0.15) is 0 Å². The zero-order valence-electron chi connectivity index (χ0n) is 15.6. The molecule has 4 rings (SSSR count). The summed E-state index contributed by atoms with van der Waals surface area (Å²) >= 11 is 0. The summed E-state index contributed by atoms with van der Waals surface area (Å²) in [6.45, 7) is 7.90. The molecule has 0 atom stereocenters. The van der Waals surface area contributed by atoms with E-state index < -0.39 is 0 Å². The molecular weight excluding hydrogens is 326 g/mol. The third-order valence-corrected chi connectivity index (χ3v) is 5.13. The van der Waals surface area contributed by atoms with Crippen molar-refractivity contribution in [2.45, 2.75) is 45.4 Å². The van der Waals surface area contributed by atoms with E-state index in [0.717, 1.165) is 46.7 Å². The van der Waals surface area contributed by atoms with Gasteiger partial charge >= 0.3 is 0 Å². The minimum atomic E-state index is -0.0218. The third-order valence-electron chi connectivity index (χ3n) is 5.13. The molecule has 0 radical (unpaired) electrons. The summed E-state index contributed by atoms with van der Waals surface area (Å²) in [5, 5.41) is 3.02. The largest absolute Gasteiger partial charge is 0.493 e. The van der Waals surface area contributed by atoms with Gasteiger partial charge in [0.15, 0.2) is 0 Å². The molecule has 136 valence electrons. The maximum Gasteiger partial charge on any atom is 0.228 e. The number of fused-ring (bicyclic) bond motifs is 2. The van der Waals surface area contributed by atoms with Crippen molar-refractivity contribution in [1.29, 1.82) is 0 Å². The Labute approximate surface area is 154 Å². The smallest absolute Gasteiger partial charge is 0.228 e. The predicted octanol–water partition coefficient (Wildman–Crippen LogP) is 4.04. The van der Waals surface area contributed by atoms with Crippen LogP contribution in [0.25, 0.3) is 0 Å². The number of nitrogens with one attached hydrogen (secondary N) is 1. The molecule has 2 aromatic rings. The fourth-order valence-electron chi connectivity index (χ4n) is 3.69. The van der Waals surface area contributed by atoms with Crippen molar-refractivity contribution >= 4 is 11.6 Å². The molecule has 4 nitrogen and oxygen atoms in total. The van der Waals surface area contributed by atoms with E-state index in [9.17, 15) is 4.79 Å². The summed E-state index contributed by atoms with van der Waals surface area (Å²) in [6, 6.07) is 10.2. The van der Waals surface area contributed by atoms with E-state index in [1.165, 1.54) is 5.56 Å². The van der Waals surface area contributed by atoms with Gasteiger partial charge in [-0.1, -0.05) is 32.9 Å². The van der Waals surface area contributed by atoms with Crippen LogP contribution in [0.4, 0.5) is 5.69 Å². The highest BCUT2D eigenvalue weighted by Gasteiger charge is 2.27. The molecule has 26 heavy (non-hydrogen) atoms. The first-order valence-corrected chi connectivity index (χ1v) is 9.25. The van der Waals surface area contributed by atoms with Crippen molar-refractivity contribution in [2.24, 2.45) is 0 Å². The van der Waals surface area contributed by atoms with Gasteiger partial charge in [0.25, 0.3) is 0 Å². The Morgan fingerprint density at radius 1 is 1.08 bits per heavy atom. The number of benzene rings is 2. The molecule has 2 aliphatic heterocycles. The number of rotatable bonds is 3. The number of hydrogen-bond acceptors (Lipinski definition) is 3. The van der Waals surface area contributed by atoms with Crippen LogP contribution in [0.2, 0.25) is 0 Å². The minimum Gasteiger partial charge on any atom is -0.493 e. The van der Waals surface area contributed by atoms with Crippen molar-refractivity contribution in [1.82, 2.24) is 0 Å². The van der Waals surface area contributed by atoms with Crippen LogP contribution in [0.1, 0.15) is 43.0 Å². The third kappa shape index (κ3) is 3.16. The molecule has 0 spiro atoms. The second kappa shape index (κ2) is 6.35. The minimum absolute atomic E-state index is 0.0218. The summed E-state index contributed by atoms with van der Waals surface area (Å²) in [7, 11) is 0. The van der Waals surface area contributed by atoms with Crippen molar-refractivity contribution < 1.29 is 14.3 Å². The lowest BCUT2D eigenvalue weighted by atomic mass is 9.87. The second-order valence-corrected chi connectivity index (χ2v) is 8.07. The molecule has 4 heteroatoms. The molecule has 0 saturated heterocycles. The Morgan fingerprint density at radius 2 is 1.81 bits per heavy atom. The van der Waals surface area contributed by atoms with Crippen LogP contribution in [0, 0.1) is 0 Å². The number of carbonyl (C=O) groups excluding carboxylic acids is 1. The van der Waals surface area contributed by atoms with Gasteiger partial charge in [-0.05, 0) is 29.2 Å². The average molecular weight is 351 g/mol. The molecule has 2 aromatic carbocycles. The number of anilines is 1. The fourth-order valence-corrected chi connectivity index (χ4v) is 3.69.